The van der Waals surface area contributed by atoms with Crippen LogP contribution in [0, 0.1) is 5.82 Å². The fourth-order valence-electron chi connectivity index (χ4n) is 4.44. The largest absolute Gasteiger partial charge is 0.412 e. The Morgan fingerprint density at radius 1 is 1.10 bits per heavy atom. The van der Waals surface area contributed by atoms with Crippen molar-refractivity contribution in [3.63, 3.8) is 0 Å². The number of aliphatic imine (C=N–C) groups is 1. The second-order valence-electron chi connectivity index (χ2n) is 7.34. The zero-order valence-electron chi connectivity index (χ0n) is 16.0. The molecule has 0 unspecified atom stereocenters. The summed E-state index contributed by atoms with van der Waals surface area (Å²) in [7, 11) is 0. The second-order valence-corrected chi connectivity index (χ2v) is 7.99. The number of nitrogens with zero attached hydrogens (tertiary/aromatic N) is 3. The van der Waals surface area contributed by atoms with E-state index in [1.54, 1.807) is 6.07 Å². The van der Waals surface area contributed by atoms with Gasteiger partial charge in [0, 0.05) is 29.8 Å². The fourth-order valence-corrected chi connectivity index (χ4v) is 4.93. The molecule has 3 aromatic rings. The lowest BCUT2D eigenvalue weighted by Crippen LogP contribution is -2.11. The van der Waals surface area contributed by atoms with Crippen LogP contribution in [-0.2, 0) is 6.42 Å². The lowest BCUT2D eigenvalue weighted by Gasteiger charge is -2.23. The Labute approximate surface area is 172 Å². The van der Waals surface area contributed by atoms with Gasteiger partial charge in [-0.25, -0.2) is 9.37 Å². The van der Waals surface area contributed by atoms with Crippen LogP contribution in [0.4, 0.5) is 10.1 Å². The highest BCUT2D eigenvalue weighted by molar-refractivity contribution is 7.97. The first kappa shape index (κ1) is 21.4. The molecule has 1 aliphatic carbocycles. The van der Waals surface area contributed by atoms with E-state index in [2.05, 4.69) is 26.7 Å². The smallest absolute Gasteiger partial charge is 0.139 e. The van der Waals surface area contributed by atoms with Crippen molar-refractivity contribution in [1.82, 2.24) is 9.55 Å². The van der Waals surface area contributed by atoms with Crippen LogP contribution in [-0.4, -0.2) is 26.7 Å². The van der Waals surface area contributed by atoms with Crippen molar-refractivity contribution >= 4 is 34.9 Å². The van der Waals surface area contributed by atoms with E-state index < -0.39 is 0 Å². The summed E-state index contributed by atoms with van der Waals surface area (Å²) in [6.07, 6.45) is 10.8. The average molecular weight is 417 g/mol. The van der Waals surface area contributed by atoms with Gasteiger partial charge in [0.25, 0.3) is 0 Å². The van der Waals surface area contributed by atoms with Gasteiger partial charge >= 0.3 is 0 Å². The lowest BCUT2D eigenvalue weighted by atomic mass is 9.95. The molecule has 29 heavy (non-hydrogen) atoms. The van der Waals surface area contributed by atoms with Crippen LogP contribution in [0.5, 0.6) is 0 Å². The molecule has 0 atom stereocenters. The number of rotatable bonds is 3. The normalized spacial score (nSPS) is 15.8. The first-order chi connectivity index (χ1) is 13.3. The summed E-state index contributed by atoms with van der Waals surface area (Å²) in [6.45, 7) is 0. The van der Waals surface area contributed by atoms with Crippen LogP contribution in [0.3, 0.4) is 0 Å². The topological polar surface area (TPSA) is 119 Å². The van der Waals surface area contributed by atoms with Crippen LogP contribution in [0.25, 0.3) is 22.2 Å². The molecular weight excluding hydrogens is 391 g/mol. The van der Waals surface area contributed by atoms with Gasteiger partial charge in [0.15, 0.2) is 0 Å². The predicted molar refractivity (Wildman–Crippen MR) is 116 cm³/mol. The van der Waals surface area contributed by atoms with Gasteiger partial charge in [0.2, 0.25) is 0 Å². The highest BCUT2D eigenvalue weighted by Crippen LogP contribution is 2.42. The molecule has 1 saturated carbocycles. The van der Waals surface area contributed by atoms with Crippen molar-refractivity contribution in [1.29, 1.82) is 0 Å². The molecule has 6 N–H and O–H groups in total. The van der Waals surface area contributed by atoms with Gasteiger partial charge in [-0.3, -0.25) is 10.1 Å². The molecule has 2 heterocycles. The Bertz CT molecular complexity index is 1060. The molecule has 154 valence electrons. The Hall–Kier alpha value is -2.26. The van der Waals surface area contributed by atoms with Gasteiger partial charge in [-0.1, -0.05) is 25.3 Å². The summed E-state index contributed by atoms with van der Waals surface area (Å²) in [6, 6.07) is 8.31. The van der Waals surface area contributed by atoms with Gasteiger partial charge in [0.05, 0.1) is 27.9 Å². The third-order valence-electron chi connectivity index (χ3n) is 5.79. The van der Waals surface area contributed by atoms with E-state index in [4.69, 9.17) is 5.14 Å². The molecule has 0 amide bonds. The summed E-state index contributed by atoms with van der Waals surface area (Å²) in [5.41, 5.74) is 5.56. The predicted octanol–water partition coefficient (Wildman–Crippen LogP) is 3.92. The molecule has 1 aromatic heterocycles. The number of benzene rings is 2. The molecule has 5 rings (SSSR count). The van der Waals surface area contributed by atoms with E-state index in [9.17, 15) is 4.39 Å². The van der Waals surface area contributed by atoms with Crippen LogP contribution < -0.4 is 5.14 Å². The number of fused-ring (bicyclic) bond motifs is 2. The number of imidazole rings is 1. The van der Waals surface area contributed by atoms with Crippen LogP contribution in [0.15, 0.2) is 40.5 Å². The van der Waals surface area contributed by atoms with Gasteiger partial charge in [-0.15, -0.1) is 0 Å². The number of hydrogen-bond donors (Lipinski definition) is 1. The fraction of sp³-hybridized carbons (Fsp3) is 0.333. The van der Waals surface area contributed by atoms with Crippen LogP contribution in [0.1, 0.15) is 43.7 Å². The Morgan fingerprint density at radius 2 is 1.90 bits per heavy atom. The molecule has 0 bridgehead atoms. The van der Waals surface area contributed by atoms with Crippen molar-refractivity contribution in [2.24, 2.45) is 10.1 Å². The van der Waals surface area contributed by atoms with Crippen molar-refractivity contribution < 1.29 is 15.3 Å². The minimum Gasteiger partial charge on any atom is -0.412 e. The maximum absolute atomic E-state index is 14.6. The molecule has 8 heteroatoms. The number of aromatic nitrogens is 2. The zero-order valence-corrected chi connectivity index (χ0v) is 16.8. The minimum absolute atomic E-state index is 0. The number of nitrogens with two attached hydrogens (primary N) is 1. The average Bonchev–Trinajstić information content (AvgIpc) is 3.35. The maximum Gasteiger partial charge on any atom is 0.139 e. The van der Waals surface area contributed by atoms with E-state index in [0.717, 1.165) is 45.4 Å². The van der Waals surface area contributed by atoms with Crippen molar-refractivity contribution in [2.75, 3.05) is 0 Å². The second kappa shape index (κ2) is 8.62. The third-order valence-corrected chi connectivity index (χ3v) is 6.47. The van der Waals surface area contributed by atoms with E-state index >= 15 is 0 Å². The quantitative estimate of drug-likeness (QED) is 0.651. The molecule has 1 aliphatic heterocycles. The van der Waals surface area contributed by atoms with Gasteiger partial charge in [-0.05, 0) is 48.6 Å². The van der Waals surface area contributed by atoms with E-state index in [0.29, 0.717) is 17.4 Å². The first-order valence-corrected chi connectivity index (χ1v) is 10.4. The Balaban J connectivity index is 0.00000120. The summed E-state index contributed by atoms with van der Waals surface area (Å²) in [5, 5.41) is 5.67. The van der Waals surface area contributed by atoms with E-state index in [-0.39, 0.29) is 16.8 Å². The third kappa shape index (κ3) is 3.57. The molecule has 0 radical (unpaired) electrons. The van der Waals surface area contributed by atoms with E-state index in [1.807, 2.05) is 18.6 Å². The summed E-state index contributed by atoms with van der Waals surface area (Å²) < 4.78 is 16.9. The molecular formula is C21H25FN4O2S. The highest BCUT2D eigenvalue weighted by Gasteiger charge is 2.22. The van der Waals surface area contributed by atoms with Gasteiger partial charge in [0.1, 0.15) is 5.82 Å². The Morgan fingerprint density at radius 3 is 2.66 bits per heavy atom. The van der Waals surface area contributed by atoms with Crippen LogP contribution in [0.2, 0.25) is 0 Å². The van der Waals surface area contributed by atoms with Crippen molar-refractivity contribution in [3.8, 4) is 11.1 Å². The minimum atomic E-state index is -0.283. The van der Waals surface area contributed by atoms with Crippen molar-refractivity contribution in [3.05, 3.63) is 42.0 Å². The molecule has 6 nitrogen and oxygen atoms in total. The molecule has 2 aliphatic rings. The SMILES string of the molecule is NSc1c(F)cc(-c2ccc3c(c2)ncn3C2CCCCC2)c2c1CC=N2.O.O. The monoisotopic (exact) mass is 416 g/mol. The number of halogens is 1. The number of hydrogen-bond acceptors (Lipinski definition) is 4. The summed E-state index contributed by atoms with van der Waals surface area (Å²) in [5.74, 6) is -0.283. The van der Waals surface area contributed by atoms with Crippen LogP contribution >= 0.6 is 11.9 Å². The molecule has 1 fully saturated rings. The van der Waals surface area contributed by atoms with Gasteiger partial charge in [-0.2, -0.15) is 0 Å². The molecule has 0 saturated heterocycles. The van der Waals surface area contributed by atoms with Crippen molar-refractivity contribution in [2.45, 2.75) is 49.5 Å². The van der Waals surface area contributed by atoms with Gasteiger partial charge < -0.3 is 15.5 Å². The zero-order chi connectivity index (χ0) is 18.4. The maximum atomic E-state index is 14.6. The highest BCUT2D eigenvalue weighted by atomic mass is 32.2. The van der Waals surface area contributed by atoms with E-state index in [1.165, 1.54) is 32.1 Å². The lowest BCUT2D eigenvalue weighted by molar-refractivity contribution is 0.359. The molecule has 0 spiro atoms. The molecule has 2 aromatic carbocycles. The standard InChI is InChI=1S/C21H21FN4S.2H2O/c22-17-11-16(20-15(8-9-24-20)21(17)27-23)13-6-7-19-18(10-13)25-12-26(19)14-4-2-1-3-5-14;;/h6-7,9-12,14H,1-5,8,23H2;2*1H2. The first-order valence-electron chi connectivity index (χ1n) is 9.48. The summed E-state index contributed by atoms with van der Waals surface area (Å²) >= 11 is 0.956. The summed E-state index contributed by atoms with van der Waals surface area (Å²) in [4.78, 5) is 9.63. The Kier molecular flexibility index (Phi) is 6.38.